The zero-order valence-corrected chi connectivity index (χ0v) is 12.8. The molecule has 2 aromatic heterocycles. The van der Waals surface area contributed by atoms with Crippen molar-refractivity contribution in [2.45, 2.75) is 18.9 Å². The molecule has 1 N–H and O–H groups in total. The van der Waals surface area contributed by atoms with Crippen molar-refractivity contribution in [3.8, 4) is 0 Å². The number of benzene rings is 1. The van der Waals surface area contributed by atoms with Crippen molar-refractivity contribution >= 4 is 22.5 Å². The van der Waals surface area contributed by atoms with Gasteiger partial charge in [0, 0.05) is 30.7 Å². The predicted molar refractivity (Wildman–Crippen MR) is 90.4 cm³/mol. The van der Waals surface area contributed by atoms with Crippen LogP contribution in [0.15, 0.2) is 48.9 Å². The Morgan fingerprint density at radius 3 is 3.00 bits per heavy atom. The molecule has 0 amide bonds. The molecule has 3 aromatic rings. The highest BCUT2D eigenvalue weighted by Gasteiger charge is 2.25. The van der Waals surface area contributed by atoms with Gasteiger partial charge in [0.25, 0.3) is 0 Å². The Labute approximate surface area is 134 Å². The summed E-state index contributed by atoms with van der Waals surface area (Å²) in [4.78, 5) is 11.0. The van der Waals surface area contributed by atoms with E-state index in [2.05, 4.69) is 30.4 Å². The molecule has 23 heavy (non-hydrogen) atoms. The van der Waals surface area contributed by atoms with Gasteiger partial charge in [-0.1, -0.05) is 12.1 Å². The van der Waals surface area contributed by atoms with Gasteiger partial charge in [0.05, 0.1) is 5.52 Å². The van der Waals surface area contributed by atoms with Crippen LogP contribution in [0.1, 0.15) is 12.8 Å². The van der Waals surface area contributed by atoms with Crippen molar-refractivity contribution < 1.29 is 0 Å². The van der Waals surface area contributed by atoms with E-state index in [4.69, 9.17) is 0 Å². The third-order valence-corrected chi connectivity index (χ3v) is 4.28. The fraction of sp³-hybridized carbons (Fsp3) is 0.294. The first-order valence-electron chi connectivity index (χ1n) is 7.90. The van der Waals surface area contributed by atoms with Gasteiger partial charge >= 0.3 is 0 Å². The zero-order chi connectivity index (χ0) is 15.5. The van der Waals surface area contributed by atoms with E-state index in [1.807, 2.05) is 36.4 Å². The first kappa shape index (κ1) is 13.9. The smallest absolute Gasteiger partial charge is 0.151 e. The van der Waals surface area contributed by atoms with Gasteiger partial charge in [0.15, 0.2) is 5.82 Å². The molecule has 1 aromatic carbocycles. The molecule has 0 saturated carbocycles. The molecular weight excluding hydrogens is 288 g/mol. The fourth-order valence-corrected chi connectivity index (χ4v) is 3.16. The lowest BCUT2D eigenvalue weighted by Gasteiger charge is -2.25. The number of nitrogens with zero attached hydrogens (tertiary/aromatic N) is 5. The lowest BCUT2D eigenvalue weighted by molar-refractivity contribution is 0.685. The van der Waals surface area contributed by atoms with Gasteiger partial charge in [0.2, 0.25) is 0 Å². The monoisotopic (exact) mass is 306 g/mol. The van der Waals surface area contributed by atoms with Gasteiger partial charge in [-0.2, -0.15) is 5.10 Å². The molecule has 0 aliphatic carbocycles. The molecule has 0 bridgehead atoms. The van der Waals surface area contributed by atoms with E-state index in [-0.39, 0.29) is 0 Å². The van der Waals surface area contributed by atoms with Crippen molar-refractivity contribution in [3.05, 3.63) is 48.9 Å². The second-order valence-electron chi connectivity index (χ2n) is 5.69. The van der Waals surface area contributed by atoms with Crippen LogP contribution in [-0.2, 0) is 0 Å². The van der Waals surface area contributed by atoms with Crippen LogP contribution in [0.4, 0.5) is 11.6 Å². The van der Waals surface area contributed by atoms with Crippen LogP contribution in [0.2, 0.25) is 0 Å². The van der Waals surface area contributed by atoms with E-state index >= 15 is 0 Å². The van der Waals surface area contributed by atoms with Crippen LogP contribution < -0.4 is 10.2 Å². The maximum atomic E-state index is 4.40. The van der Waals surface area contributed by atoms with Crippen molar-refractivity contribution in [1.29, 1.82) is 0 Å². The van der Waals surface area contributed by atoms with Gasteiger partial charge < -0.3 is 10.2 Å². The van der Waals surface area contributed by atoms with Crippen LogP contribution in [0.25, 0.3) is 10.9 Å². The average Bonchev–Trinajstić information content (AvgIpc) is 3.09. The second-order valence-corrected chi connectivity index (χ2v) is 5.69. The Morgan fingerprint density at radius 1 is 1.13 bits per heavy atom. The van der Waals surface area contributed by atoms with Crippen molar-refractivity contribution in [2.24, 2.45) is 0 Å². The Morgan fingerprint density at radius 2 is 2.09 bits per heavy atom. The number of rotatable bonds is 4. The third-order valence-electron chi connectivity index (χ3n) is 4.28. The molecule has 1 saturated heterocycles. The summed E-state index contributed by atoms with van der Waals surface area (Å²) in [5.41, 5.74) is 0.960. The molecule has 6 nitrogen and oxygen atoms in total. The summed E-state index contributed by atoms with van der Waals surface area (Å²) >= 11 is 0. The fourth-order valence-electron chi connectivity index (χ4n) is 3.16. The van der Waals surface area contributed by atoms with Gasteiger partial charge in [-0.15, -0.1) is 5.10 Å². The largest absolute Gasteiger partial charge is 0.367 e. The van der Waals surface area contributed by atoms with Crippen LogP contribution in [0.3, 0.4) is 0 Å². The summed E-state index contributed by atoms with van der Waals surface area (Å²) in [5, 5.41) is 12.8. The SMILES string of the molecule is c1cnnc(N2CCC[C@@H]2CNc2ncnc3ccccc23)c1. The zero-order valence-electron chi connectivity index (χ0n) is 12.8. The molecule has 0 radical (unpaired) electrons. The number of hydrogen-bond donors (Lipinski definition) is 1. The Kier molecular flexibility index (Phi) is 3.71. The third kappa shape index (κ3) is 2.79. The number of anilines is 2. The predicted octanol–water partition coefficient (Wildman–Crippen LogP) is 2.50. The van der Waals surface area contributed by atoms with Gasteiger partial charge in [0.1, 0.15) is 12.1 Å². The number of nitrogens with one attached hydrogen (secondary N) is 1. The molecular formula is C17H18N6. The van der Waals surface area contributed by atoms with Crippen LogP contribution >= 0.6 is 0 Å². The molecule has 4 rings (SSSR count). The van der Waals surface area contributed by atoms with E-state index in [1.165, 1.54) is 6.42 Å². The lowest BCUT2D eigenvalue weighted by Crippen LogP contribution is -2.35. The summed E-state index contributed by atoms with van der Waals surface area (Å²) in [6, 6.07) is 12.4. The van der Waals surface area contributed by atoms with E-state index < -0.39 is 0 Å². The molecule has 0 spiro atoms. The summed E-state index contributed by atoms with van der Waals surface area (Å²) in [6.45, 7) is 1.85. The lowest BCUT2D eigenvalue weighted by atomic mass is 10.2. The highest BCUT2D eigenvalue weighted by atomic mass is 15.3. The molecule has 116 valence electrons. The molecule has 6 heteroatoms. The van der Waals surface area contributed by atoms with E-state index in [0.29, 0.717) is 6.04 Å². The molecule has 0 unspecified atom stereocenters. The highest BCUT2D eigenvalue weighted by molar-refractivity contribution is 5.88. The molecule has 1 aliphatic heterocycles. The van der Waals surface area contributed by atoms with Crippen LogP contribution in [0.5, 0.6) is 0 Å². The maximum Gasteiger partial charge on any atom is 0.151 e. The number of fused-ring (bicyclic) bond motifs is 1. The van der Waals surface area contributed by atoms with Crippen molar-refractivity contribution in [3.63, 3.8) is 0 Å². The Bertz CT molecular complexity index is 786. The first-order chi connectivity index (χ1) is 11.4. The normalized spacial score (nSPS) is 17.6. The number of hydrogen-bond acceptors (Lipinski definition) is 6. The Hall–Kier alpha value is -2.76. The molecule has 3 heterocycles. The van der Waals surface area contributed by atoms with Crippen LogP contribution in [0, 0.1) is 0 Å². The molecule has 1 atom stereocenters. The van der Waals surface area contributed by atoms with Crippen molar-refractivity contribution in [2.75, 3.05) is 23.3 Å². The standard InChI is InChI=1S/C17H18N6/c1-2-7-15-14(6-1)17(20-12-19-15)18-11-13-5-4-10-23(13)16-8-3-9-21-22-16/h1-3,6-9,12-13H,4-5,10-11H2,(H,18,19,20)/t13-/m1/s1. The molecule has 1 aliphatic rings. The topological polar surface area (TPSA) is 66.8 Å². The van der Waals surface area contributed by atoms with E-state index in [1.54, 1.807) is 12.5 Å². The van der Waals surface area contributed by atoms with Gasteiger partial charge in [-0.3, -0.25) is 0 Å². The van der Waals surface area contributed by atoms with Gasteiger partial charge in [-0.05, 0) is 37.1 Å². The highest BCUT2D eigenvalue weighted by Crippen LogP contribution is 2.24. The van der Waals surface area contributed by atoms with Crippen LogP contribution in [-0.4, -0.2) is 39.3 Å². The summed E-state index contributed by atoms with van der Waals surface area (Å²) < 4.78 is 0. The molecule has 1 fully saturated rings. The summed E-state index contributed by atoms with van der Waals surface area (Å²) in [7, 11) is 0. The minimum absolute atomic E-state index is 0.403. The van der Waals surface area contributed by atoms with E-state index in [9.17, 15) is 0 Å². The summed E-state index contributed by atoms with van der Waals surface area (Å²) in [6.07, 6.45) is 5.64. The minimum atomic E-state index is 0.403. The second kappa shape index (κ2) is 6.16. The van der Waals surface area contributed by atoms with E-state index in [0.717, 1.165) is 42.0 Å². The Balaban J connectivity index is 1.52. The number of aromatic nitrogens is 4. The quantitative estimate of drug-likeness (QED) is 0.799. The first-order valence-corrected chi connectivity index (χ1v) is 7.90. The number of para-hydroxylation sites is 1. The summed E-state index contributed by atoms with van der Waals surface area (Å²) in [5.74, 6) is 1.84. The van der Waals surface area contributed by atoms with Crippen molar-refractivity contribution in [1.82, 2.24) is 20.2 Å². The van der Waals surface area contributed by atoms with Gasteiger partial charge in [-0.25, -0.2) is 9.97 Å². The minimum Gasteiger partial charge on any atom is -0.367 e. The average molecular weight is 306 g/mol. The maximum absolute atomic E-state index is 4.40.